The Balaban J connectivity index is 1.83. The summed E-state index contributed by atoms with van der Waals surface area (Å²) in [5.41, 5.74) is 0. The maximum atomic E-state index is 11.4. The molecule has 0 aliphatic carbocycles. The second-order valence-electron chi connectivity index (χ2n) is 13.8. The molecule has 21 atom stereocenters. The van der Waals surface area contributed by atoms with Gasteiger partial charge in [0, 0.05) is 21.3 Å². The predicted octanol–water partition coefficient (Wildman–Crippen LogP) is -9.46. The molecular formula is C33H62O26. The number of methoxy groups -OCH3 is 3. The number of ether oxygens (including phenoxy) is 12. The molecular weight excluding hydrogens is 812 g/mol. The van der Waals surface area contributed by atoms with Gasteiger partial charge in [0.1, 0.15) is 123 Å². The Bertz CT molecular complexity index is 1130. The first-order valence-corrected chi connectivity index (χ1v) is 18.6. The van der Waals surface area contributed by atoms with E-state index < -0.39 is 189 Å². The first kappa shape index (κ1) is 52.3. The Morgan fingerprint density at radius 1 is 0.492 bits per heavy atom. The smallest absolute Gasteiger partial charge is 0.187 e. The minimum Gasteiger partial charge on any atom is -0.394 e. The van der Waals surface area contributed by atoms with Gasteiger partial charge in [0.25, 0.3) is 0 Å². The molecule has 26 nitrogen and oxygen atoms in total. The third-order valence-electron chi connectivity index (χ3n) is 9.97. The van der Waals surface area contributed by atoms with E-state index in [2.05, 4.69) is 0 Å². The van der Waals surface area contributed by atoms with E-state index >= 15 is 0 Å². The highest BCUT2D eigenvalue weighted by atomic mass is 16.8. The van der Waals surface area contributed by atoms with E-state index in [1.54, 1.807) is 0 Å². The second kappa shape index (κ2) is 25.9. The van der Waals surface area contributed by atoms with E-state index in [9.17, 15) is 71.5 Å². The number of rotatable bonds is 26. The van der Waals surface area contributed by atoms with Crippen molar-refractivity contribution >= 4 is 0 Å². The van der Waals surface area contributed by atoms with Gasteiger partial charge in [-0.25, -0.2) is 0 Å². The SMILES string of the molecule is COCOC(CO)[C@H](O[C@@H]1OC(COCOC(CO)[C@H](O[C@@H]2OC(CO)[C@@H](OC)[C@@H](O)C2O)[C@@H](O)CO)[C@H](O[C@@H]2OC(CO)[C@@H](OC)[C@@H](O)C2O)[C@@H](O)C1O)[C@@H](O)CO. The lowest BCUT2D eigenvalue weighted by Gasteiger charge is -2.47. The van der Waals surface area contributed by atoms with E-state index in [1.807, 2.05) is 0 Å². The molecule has 3 aliphatic rings. The summed E-state index contributed by atoms with van der Waals surface area (Å²) >= 11 is 0. The van der Waals surface area contributed by atoms with E-state index in [4.69, 9.17) is 56.8 Å². The Morgan fingerprint density at radius 3 is 1.31 bits per heavy atom. The van der Waals surface area contributed by atoms with E-state index in [0.717, 1.165) is 0 Å². The predicted molar refractivity (Wildman–Crippen MR) is 185 cm³/mol. The van der Waals surface area contributed by atoms with Crippen molar-refractivity contribution in [3.05, 3.63) is 0 Å². The second-order valence-corrected chi connectivity index (χ2v) is 13.8. The van der Waals surface area contributed by atoms with Crippen LogP contribution in [0, 0.1) is 0 Å². The Kier molecular flexibility index (Phi) is 23.0. The van der Waals surface area contributed by atoms with Crippen LogP contribution in [0.5, 0.6) is 0 Å². The Hall–Kier alpha value is -1.04. The standard InChI is InChI=1S/C33H62O26/c1-48-11-52-15(6-36)26(13(40)4-34)58-33-25(47)22(44)30(59-32-24(46)21(43)29(50-3)18(9-39)55-32)19(56-33)10-51-12-53-16(7-37)27(14(41)5-35)57-31-23(45)20(42)28(49-2)17(8-38)54-31/h13-47H,4-12H2,1-3H3/t13-,14-,15?,16?,17?,18?,19?,20-,21-,22-,23?,24?,25?,26+,27+,28+,29+,30-,31-,32-,33-/m0/s1. The number of aliphatic hydroxyl groups excluding tert-OH is 14. The minimum absolute atomic E-state index is 0.398. The highest BCUT2D eigenvalue weighted by Gasteiger charge is 2.53. The molecule has 3 aliphatic heterocycles. The minimum atomic E-state index is -2.04. The van der Waals surface area contributed by atoms with E-state index in [-0.39, 0.29) is 0 Å². The number of hydrogen-bond donors (Lipinski definition) is 14. The fourth-order valence-electron chi connectivity index (χ4n) is 6.72. The molecule has 0 aromatic carbocycles. The summed E-state index contributed by atoms with van der Waals surface area (Å²) in [7, 11) is 3.67. The van der Waals surface area contributed by atoms with Gasteiger partial charge in [-0.05, 0) is 0 Å². The van der Waals surface area contributed by atoms with Gasteiger partial charge >= 0.3 is 0 Å². The summed E-state index contributed by atoms with van der Waals surface area (Å²) in [6, 6.07) is 0. The molecule has 3 heterocycles. The van der Waals surface area contributed by atoms with E-state index in [0.29, 0.717) is 0 Å². The average molecular weight is 875 g/mol. The average Bonchev–Trinajstić information content (AvgIpc) is 3.24. The first-order chi connectivity index (χ1) is 28.2. The highest BCUT2D eigenvalue weighted by Crippen LogP contribution is 2.32. The molecule has 0 radical (unpaired) electrons. The van der Waals surface area contributed by atoms with Crippen LogP contribution < -0.4 is 0 Å². The zero-order chi connectivity index (χ0) is 44.0. The van der Waals surface area contributed by atoms with Crippen LogP contribution in [0.4, 0.5) is 0 Å². The highest BCUT2D eigenvalue weighted by molar-refractivity contribution is 4.96. The van der Waals surface area contributed by atoms with Gasteiger partial charge in [0.15, 0.2) is 18.9 Å². The van der Waals surface area contributed by atoms with Gasteiger partial charge in [0.2, 0.25) is 0 Å². The van der Waals surface area contributed by atoms with Gasteiger partial charge < -0.3 is 128 Å². The van der Waals surface area contributed by atoms with Crippen molar-refractivity contribution in [2.45, 2.75) is 129 Å². The third-order valence-corrected chi connectivity index (χ3v) is 9.97. The molecule has 8 unspecified atom stereocenters. The van der Waals surface area contributed by atoms with E-state index in [1.165, 1.54) is 21.3 Å². The molecule has 0 amide bonds. The molecule has 3 saturated heterocycles. The summed E-state index contributed by atoms with van der Waals surface area (Å²) in [5.74, 6) is 0. The van der Waals surface area contributed by atoms with Crippen LogP contribution in [0.1, 0.15) is 0 Å². The van der Waals surface area contributed by atoms with Gasteiger partial charge in [-0.15, -0.1) is 0 Å². The lowest BCUT2D eigenvalue weighted by molar-refractivity contribution is -0.371. The Labute approximate surface area is 338 Å². The zero-order valence-electron chi connectivity index (χ0n) is 32.6. The summed E-state index contributed by atoms with van der Waals surface area (Å²) in [6.45, 7) is -6.82. The van der Waals surface area contributed by atoms with Crippen molar-refractivity contribution in [3.63, 3.8) is 0 Å². The molecule has 0 spiro atoms. The fourth-order valence-corrected chi connectivity index (χ4v) is 6.72. The molecule has 3 fully saturated rings. The number of aliphatic hydroxyl groups is 14. The van der Waals surface area contributed by atoms with Crippen molar-refractivity contribution in [1.29, 1.82) is 0 Å². The zero-order valence-corrected chi connectivity index (χ0v) is 32.6. The van der Waals surface area contributed by atoms with Gasteiger partial charge in [-0.3, -0.25) is 0 Å². The molecule has 0 saturated carbocycles. The molecule has 0 aromatic heterocycles. The fraction of sp³-hybridized carbons (Fsp3) is 1.00. The summed E-state index contributed by atoms with van der Waals surface area (Å²) in [5, 5.41) is 145. The summed E-state index contributed by atoms with van der Waals surface area (Å²) in [6.07, 6.45) is -34.3. The molecule has 59 heavy (non-hydrogen) atoms. The van der Waals surface area contributed by atoms with Gasteiger partial charge in [-0.1, -0.05) is 0 Å². The largest absolute Gasteiger partial charge is 0.394 e. The maximum absolute atomic E-state index is 11.4. The van der Waals surface area contributed by atoms with Crippen molar-refractivity contribution in [2.24, 2.45) is 0 Å². The molecule has 3 rings (SSSR count). The quantitative estimate of drug-likeness (QED) is 0.0283. The summed E-state index contributed by atoms with van der Waals surface area (Å²) < 4.78 is 65.7. The van der Waals surface area contributed by atoms with Crippen LogP contribution in [0.25, 0.3) is 0 Å². The molecule has 26 heteroatoms. The van der Waals surface area contributed by atoms with Crippen LogP contribution >= 0.6 is 0 Å². The van der Waals surface area contributed by atoms with Gasteiger partial charge in [0.05, 0.1) is 46.2 Å². The molecule has 0 aromatic rings. The maximum Gasteiger partial charge on any atom is 0.187 e. The molecule has 0 bridgehead atoms. The lowest BCUT2D eigenvalue weighted by Crippen LogP contribution is -2.65. The van der Waals surface area contributed by atoms with Crippen LogP contribution in [0.2, 0.25) is 0 Å². The lowest BCUT2D eigenvalue weighted by atomic mass is 9.96. The van der Waals surface area contributed by atoms with Crippen LogP contribution in [0.15, 0.2) is 0 Å². The first-order valence-electron chi connectivity index (χ1n) is 18.6. The van der Waals surface area contributed by atoms with Crippen molar-refractivity contribution in [3.8, 4) is 0 Å². The number of hydrogen-bond acceptors (Lipinski definition) is 26. The third kappa shape index (κ3) is 13.2. The topological polar surface area (TPSA) is 394 Å². The van der Waals surface area contributed by atoms with Crippen LogP contribution in [-0.4, -0.2) is 281 Å². The monoisotopic (exact) mass is 874 g/mol. The van der Waals surface area contributed by atoms with Crippen LogP contribution in [-0.2, 0) is 56.8 Å². The van der Waals surface area contributed by atoms with Crippen molar-refractivity contribution in [2.75, 3.05) is 81.2 Å². The molecule has 350 valence electrons. The van der Waals surface area contributed by atoms with Gasteiger partial charge in [-0.2, -0.15) is 0 Å². The normalized spacial score (nSPS) is 38.7. The van der Waals surface area contributed by atoms with Crippen molar-refractivity contribution < 1.29 is 128 Å². The van der Waals surface area contributed by atoms with Crippen LogP contribution in [0.3, 0.4) is 0 Å². The molecule has 14 N–H and O–H groups in total. The summed E-state index contributed by atoms with van der Waals surface area (Å²) in [4.78, 5) is 0. The van der Waals surface area contributed by atoms with Crippen molar-refractivity contribution in [1.82, 2.24) is 0 Å². The Morgan fingerprint density at radius 2 is 0.898 bits per heavy atom.